The topological polar surface area (TPSA) is 108 Å². The van der Waals surface area contributed by atoms with Gasteiger partial charge in [0.2, 0.25) is 0 Å². The lowest BCUT2D eigenvalue weighted by Gasteiger charge is -2.30. The fourth-order valence-corrected chi connectivity index (χ4v) is 2.37. The summed E-state index contributed by atoms with van der Waals surface area (Å²) in [5, 5.41) is 11.4. The number of ether oxygens (including phenoxy) is 3. The standard InChI is InChI=1S/C14H13ClN2O7/c1-22-13(18)9-6-24-7-16(12(9)14(19)23-2)10-4-3-8(15)5-11(10)17(20)21/h3-5H,6-7H2,1-2H3. The molecule has 128 valence electrons. The average Bonchev–Trinajstić information content (AvgIpc) is 2.59. The number of hydrogen-bond acceptors (Lipinski definition) is 8. The molecule has 9 nitrogen and oxygen atoms in total. The van der Waals surface area contributed by atoms with Gasteiger partial charge in [-0.1, -0.05) is 11.6 Å². The van der Waals surface area contributed by atoms with Gasteiger partial charge in [0.15, 0.2) is 0 Å². The number of rotatable bonds is 4. The number of carbonyl (C=O) groups is 2. The van der Waals surface area contributed by atoms with Gasteiger partial charge in [0.25, 0.3) is 5.69 Å². The minimum atomic E-state index is -0.844. The molecule has 0 saturated heterocycles. The highest BCUT2D eigenvalue weighted by Gasteiger charge is 2.35. The predicted octanol–water partition coefficient (Wildman–Crippen LogP) is 1.64. The summed E-state index contributed by atoms with van der Waals surface area (Å²) in [5.41, 5.74) is -0.592. The van der Waals surface area contributed by atoms with Crippen LogP contribution >= 0.6 is 11.6 Å². The Bertz CT molecular complexity index is 732. The highest BCUT2D eigenvalue weighted by molar-refractivity contribution is 6.31. The number of nitrogens with zero attached hydrogens (tertiary/aromatic N) is 2. The van der Waals surface area contributed by atoms with Crippen molar-refractivity contribution in [3.05, 3.63) is 44.6 Å². The molecular formula is C14H13ClN2O7. The number of hydrogen-bond donors (Lipinski definition) is 0. The average molecular weight is 357 g/mol. The highest BCUT2D eigenvalue weighted by atomic mass is 35.5. The Morgan fingerprint density at radius 3 is 2.54 bits per heavy atom. The number of anilines is 1. The van der Waals surface area contributed by atoms with Crippen molar-refractivity contribution in [1.82, 2.24) is 0 Å². The SMILES string of the molecule is COC(=O)C1=C(C(=O)OC)N(c2ccc(Cl)cc2[N+](=O)[O-])COC1. The Balaban J connectivity index is 2.66. The van der Waals surface area contributed by atoms with E-state index < -0.39 is 16.9 Å². The second-order valence-corrected chi connectivity index (χ2v) is 5.04. The summed E-state index contributed by atoms with van der Waals surface area (Å²) in [6.07, 6.45) is 0. The van der Waals surface area contributed by atoms with Crippen LogP contribution < -0.4 is 4.90 Å². The van der Waals surface area contributed by atoms with Gasteiger partial charge >= 0.3 is 11.9 Å². The fourth-order valence-electron chi connectivity index (χ4n) is 2.20. The molecule has 0 aromatic heterocycles. The molecule has 0 unspecified atom stereocenters. The number of methoxy groups -OCH3 is 2. The molecule has 0 fully saturated rings. The molecule has 10 heteroatoms. The second kappa shape index (κ2) is 7.28. The molecule has 0 amide bonds. The minimum absolute atomic E-state index is 0.0332. The van der Waals surface area contributed by atoms with Gasteiger partial charge in [0.05, 0.1) is 31.3 Å². The molecule has 0 radical (unpaired) electrons. The van der Waals surface area contributed by atoms with Crippen LogP contribution in [0, 0.1) is 10.1 Å². The van der Waals surface area contributed by atoms with E-state index in [-0.39, 0.29) is 41.0 Å². The lowest BCUT2D eigenvalue weighted by atomic mass is 10.1. The lowest BCUT2D eigenvalue weighted by Crippen LogP contribution is -2.39. The monoisotopic (exact) mass is 356 g/mol. The van der Waals surface area contributed by atoms with E-state index in [1.807, 2.05) is 0 Å². The Kier molecular flexibility index (Phi) is 5.37. The van der Waals surface area contributed by atoms with E-state index in [2.05, 4.69) is 4.74 Å². The molecule has 0 aliphatic carbocycles. The molecule has 1 aliphatic rings. The zero-order valence-corrected chi connectivity index (χ0v) is 13.5. The van der Waals surface area contributed by atoms with Crippen molar-refractivity contribution >= 4 is 34.9 Å². The number of esters is 2. The zero-order chi connectivity index (χ0) is 17.9. The summed E-state index contributed by atoms with van der Waals surface area (Å²) in [4.78, 5) is 35.9. The van der Waals surface area contributed by atoms with E-state index in [4.69, 9.17) is 21.1 Å². The molecule has 1 aromatic rings. The molecule has 0 atom stereocenters. The molecule has 0 spiro atoms. The number of carbonyl (C=O) groups excluding carboxylic acids is 2. The fraction of sp³-hybridized carbons (Fsp3) is 0.286. The number of nitro benzene ring substituents is 1. The first-order valence-electron chi connectivity index (χ1n) is 6.59. The lowest BCUT2D eigenvalue weighted by molar-refractivity contribution is -0.384. The number of halogens is 1. The summed E-state index contributed by atoms with van der Waals surface area (Å²) in [6, 6.07) is 3.91. The normalized spacial score (nSPS) is 14.4. The summed E-state index contributed by atoms with van der Waals surface area (Å²) >= 11 is 5.80. The summed E-state index contributed by atoms with van der Waals surface area (Å²) in [6.45, 7) is -0.373. The first-order valence-corrected chi connectivity index (χ1v) is 6.97. The number of nitro groups is 1. The molecule has 0 bridgehead atoms. The third kappa shape index (κ3) is 3.31. The van der Waals surface area contributed by atoms with Gasteiger partial charge < -0.3 is 19.1 Å². The molecule has 2 rings (SSSR count). The minimum Gasteiger partial charge on any atom is -0.466 e. The molecule has 1 aromatic carbocycles. The summed E-state index contributed by atoms with van der Waals surface area (Å²) < 4.78 is 14.6. The zero-order valence-electron chi connectivity index (χ0n) is 12.8. The van der Waals surface area contributed by atoms with Gasteiger partial charge in [-0.05, 0) is 12.1 Å². The maximum Gasteiger partial charge on any atom is 0.355 e. The smallest absolute Gasteiger partial charge is 0.355 e. The molecule has 1 heterocycles. The maximum atomic E-state index is 12.1. The van der Waals surface area contributed by atoms with Crippen LogP contribution in [0.4, 0.5) is 11.4 Å². The Morgan fingerprint density at radius 2 is 1.96 bits per heavy atom. The Labute approximate surface area is 141 Å². The molecular weight excluding hydrogens is 344 g/mol. The van der Waals surface area contributed by atoms with Crippen LogP contribution in [0.3, 0.4) is 0 Å². The number of benzene rings is 1. The van der Waals surface area contributed by atoms with Crippen LogP contribution in [0.15, 0.2) is 29.5 Å². The molecule has 0 saturated carbocycles. The van der Waals surface area contributed by atoms with Crippen molar-refractivity contribution in [3.63, 3.8) is 0 Å². The van der Waals surface area contributed by atoms with Crippen LogP contribution in [-0.4, -0.2) is 44.4 Å². The van der Waals surface area contributed by atoms with Gasteiger partial charge in [-0.3, -0.25) is 10.1 Å². The Hall–Kier alpha value is -2.65. The van der Waals surface area contributed by atoms with Gasteiger partial charge in [-0.25, -0.2) is 9.59 Å². The summed E-state index contributed by atoms with van der Waals surface area (Å²) in [5.74, 6) is -1.64. The van der Waals surface area contributed by atoms with Crippen LogP contribution in [-0.2, 0) is 23.8 Å². The van der Waals surface area contributed by atoms with Gasteiger partial charge in [-0.15, -0.1) is 0 Å². The third-order valence-corrected chi connectivity index (χ3v) is 3.49. The third-order valence-electron chi connectivity index (χ3n) is 3.26. The summed E-state index contributed by atoms with van der Waals surface area (Å²) in [7, 11) is 2.28. The van der Waals surface area contributed by atoms with Crippen LogP contribution in [0.25, 0.3) is 0 Å². The largest absolute Gasteiger partial charge is 0.466 e. The van der Waals surface area contributed by atoms with Crippen molar-refractivity contribution in [2.75, 3.05) is 32.5 Å². The van der Waals surface area contributed by atoms with Crippen LogP contribution in [0.1, 0.15) is 0 Å². The molecule has 1 aliphatic heterocycles. The van der Waals surface area contributed by atoms with Gasteiger partial charge in [0.1, 0.15) is 18.1 Å². The van der Waals surface area contributed by atoms with Crippen molar-refractivity contribution in [3.8, 4) is 0 Å². The van der Waals surface area contributed by atoms with Gasteiger partial charge in [-0.2, -0.15) is 0 Å². The van der Waals surface area contributed by atoms with E-state index in [9.17, 15) is 19.7 Å². The molecule has 24 heavy (non-hydrogen) atoms. The van der Waals surface area contributed by atoms with Crippen molar-refractivity contribution < 1.29 is 28.7 Å². The van der Waals surface area contributed by atoms with Gasteiger partial charge in [0, 0.05) is 11.1 Å². The first-order chi connectivity index (χ1) is 11.4. The van der Waals surface area contributed by atoms with E-state index in [0.29, 0.717) is 0 Å². The highest BCUT2D eigenvalue weighted by Crippen LogP contribution is 2.35. The van der Waals surface area contributed by atoms with Crippen molar-refractivity contribution in [2.24, 2.45) is 0 Å². The molecule has 0 N–H and O–H groups in total. The van der Waals surface area contributed by atoms with Crippen molar-refractivity contribution in [2.45, 2.75) is 0 Å². The van der Waals surface area contributed by atoms with Crippen LogP contribution in [0.2, 0.25) is 5.02 Å². The van der Waals surface area contributed by atoms with E-state index >= 15 is 0 Å². The van der Waals surface area contributed by atoms with E-state index in [1.165, 1.54) is 17.0 Å². The predicted molar refractivity (Wildman–Crippen MR) is 82.5 cm³/mol. The quantitative estimate of drug-likeness (QED) is 0.455. The maximum absolute atomic E-state index is 12.1. The van der Waals surface area contributed by atoms with E-state index in [0.717, 1.165) is 20.3 Å². The van der Waals surface area contributed by atoms with Crippen LogP contribution in [0.5, 0.6) is 0 Å². The Morgan fingerprint density at radius 1 is 1.29 bits per heavy atom. The van der Waals surface area contributed by atoms with E-state index in [1.54, 1.807) is 0 Å². The second-order valence-electron chi connectivity index (χ2n) is 4.61. The first kappa shape index (κ1) is 17.7. The van der Waals surface area contributed by atoms with Crippen molar-refractivity contribution in [1.29, 1.82) is 0 Å².